The number of halogens is 3. The maximum Gasteiger partial charge on any atom is 1.00 e. The molecular weight excluding hydrogens is 706 g/mol. The van der Waals surface area contributed by atoms with Gasteiger partial charge in [0.2, 0.25) is 5.78 Å². The van der Waals surface area contributed by atoms with Gasteiger partial charge in [-0.25, -0.2) is 0 Å². The van der Waals surface area contributed by atoms with Gasteiger partial charge < -0.3 is 18.2 Å². The van der Waals surface area contributed by atoms with Crippen LogP contribution in [0.1, 0.15) is 0 Å². The fraction of sp³-hybridized carbons (Fsp3) is 0.286. The topological polar surface area (TPSA) is 85.5 Å². The van der Waals surface area contributed by atoms with Crippen LogP contribution >= 0.6 is 47.8 Å². The molecule has 0 fully saturated rings. The van der Waals surface area contributed by atoms with Crippen LogP contribution in [0.4, 0.5) is 0 Å². The second-order valence-corrected chi connectivity index (χ2v) is 6.01. The van der Waals surface area contributed by atoms with Gasteiger partial charge in [0.25, 0.3) is 0 Å². The zero-order valence-electron chi connectivity index (χ0n) is 8.82. The van der Waals surface area contributed by atoms with Gasteiger partial charge in [-0.05, 0) is 37.9 Å². The summed E-state index contributed by atoms with van der Waals surface area (Å²) < 4.78 is 24.2. The van der Waals surface area contributed by atoms with Crippen molar-refractivity contribution in [2.45, 2.75) is 5.60 Å². The molecular formula is C7H4Br3NO4RbReS-. The fourth-order valence-corrected chi connectivity index (χ4v) is 3.12. The molecule has 1 aliphatic rings. The molecule has 1 rings (SSSR count). The van der Waals surface area contributed by atoms with E-state index >= 15 is 0 Å². The molecule has 11 heteroatoms. The van der Waals surface area contributed by atoms with Crippen molar-refractivity contribution in [3.8, 4) is 0 Å². The Kier molecular flexibility index (Phi) is 12.7. The molecule has 0 spiro atoms. The third-order valence-corrected chi connectivity index (χ3v) is 5.07. The first-order valence-corrected chi connectivity index (χ1v) is 7.17. The average molecular weight is 710 g/mol. The Balaban J connectivity index is 0. The van der Waals surface area contributed by atoms with E-state index < -0.39 is 23.0 Å². The first-order chi connectivity index (χ1) is 7.28. The summed E-state index contributed by atoms with van der Waals surface area (Å²) in [6.45, 7) is -0.402. The van der Waals surface area contributed by atoms with E-state index in [1.54, 1.807) is 0 Å². The minimum Gasteiger partial charge on any atom is -0.715 e. The number of carbonyl (C=O) groups excluding carboxylic acids is 1. The van der Waals surface area contributed by atoms with Gasteiger partial charge >= 0.3 is 58.2 Å². The number of ketones is 1. The Morgan fingerprint density at radius 2 is 1.83 bits per heavy atom. The van der Waals surface area contributed by atoms with Crippen LogP contribution in [0.3, 0.4) is 0 Å². The molecule has 0 heterocycles. The molecule has 0 aromatic heterocycles. The molecule has 1 radical (unpaired) electrons. The molecule has 97 valence electrons. The first-order valence-electron chi connectivity index (χ1n) is 3.76. The summed E-state index contributed by atoms with van der Waals surface area (Å²) in [4.78, 5) is 11.4. The van der Waals surface area contributed by atoms with Crippen molar-refractivity contribution in [1.82, 2.24) is 0 Å². The SMILES string of the molecule is O=C1C(Br)=CC(O)(C[N-][S-](=O)=O)C(Br)=C1Br.[Rb+].[Re]. The molecule has 0 aromatic rings. The standard InChI is InChI=1S/C7H4Br3NO4S.Rb.Re/c8-3-1-7(13,2-11-16(14)15)6(10)4(9)5(3)12;;/h1,13H,2H2;;/q-2;+1;. The van der Waals surface area contributed by atoms with Crippen molar-refractivity contribution in [2.75, 3.05) is 6.54 Å². The monoisotopic (exact) mass is 707 g/mol. The van der Waals surface area contributed by atoms with Gasteiger partial charge in [0.05, 0.1) is 14.6 Å². The van der Waals surface area contributed by atoms with E-state index in [2.05, 4.69) is 52.5 Å². The second-order valence-electron chi connectivity index (χ2n) is 2.88. The maximum absolute atomic E-state index is 11.4. The van der Waals surface area contributed by atoms with Crippen LogP contribution in [0, 0.1) is 0 Å². The van der Waals surface area contributed by atoms with E-state index in [4.69, 9.17) is 0 Å². The number of hydrogen-bond acceptors (Lipinski definition) is 5. The van der Waals surface area contributed by atoms with Crippen LogP contribution < -0.4 is 58.2 Å². The predicted molar refractivity (Wildman–Crippen MR) is 68.8 cm³/mol. The number of Topliss-reactive ketones (excluding diaryl/α,β-unsaturated/α-hetero) is 1. The molecule has 18 heavy (non-hydrogen) atoms. The number of rotatable bonds is 3. The zero-order chi connectivity index (χ0) is 12.5. The average Bonchev–Trinajstić information content (AvgIpc) is 2.21. The second kappa shape index (κ2) is 9.85. The summed E-state index contributed by atoms with van der Waals surface area (Å²) in [5.41, 5.74) is -1.65. The Morgan fingerprint density at radius 1 is 1.33 bits per heavy atom. The number of carbonyl (C=O) groups is 1. The van der Waals surface area contributed by atoms with Crippen molar-refractivity contribution in [3.63, 3.8) is 0 Å². The molecule has 0 bridgehead atoms. The van der Waals surface area contributed by atoms with E-state index in [1.807, 2.05) is 0 Å². The van der Waals surface area contributed by atoms with Crippen LogP contribution in [0.2, 0.25) is 0 Å². The van der Waals surface area contributed by atoms with Crippen molar-refractivity contribution < 1.29 is 96.9 Å². The van der Waals surface area contributed by atoms with Crippen LogP contribution in [0.25, 0.3) is 4.72 Å². The largest absolute Gasteiger partial charge is 1.00 e. The Hall–Kier alpha value is 2.93. The van der Waals surface area contributed by atoms with Gasteiger partial charge in [-0.15, -0.1) is 6.54 Å². The number of hydrogen-bond donors (Lipinski definition) is 1. The smallest absolute Gasteiger partial charge is 0.715 e. The number of aliphatic hydroxyl groups is 1. The summed E-state index contributed by atoms with van der Waals surface area (Å²) in [5, 5.41) is 10.1. The maximum atomic E-state index is 11.4. The van der Waals surface area contributed by atoms with Crippen LogP contribution in [-0.4, -0.2) is 23.0 Å². The van der Waals surface area contributed by atoms with Gasteiger partial charge in [0, 0.05) is 24.9 Å². The molecule has 0 saturated heterocycles. The Morgan fingerprint density at radius 3 is 2.28 bits per heavy atom. The van der Waals surface area contributed by atoms with Crippen LogP contribution in [0.5, 0.6) is 0 Å². The molecule has 0 aromatic carbocycles. The summed E-state index contributed by atoms with van der Waals surface area (Å²) in [6, 6.07) is 0. The molecule has 5 nitrogen and oxygen atoms in total. The third kappa shape index (κ3) is 5.97. The quantitative estimate of drug-likeness (QED) is 0.389. The molecule has 0 saturated carbocycles. The van der Waals surface area contributed by atoms with Gasteiger partial charge in [0.1, 0.15) is 0 Å². The first kappa shape index (κ1) is 23.2. The zero-order valence-corrected chi connectivity index (χ0v) is 22.0. The minimum absolute atomic E-state index is 0. The number of nitrogens with zero attached hydrogens (tertiary/aromatic N) is 1. The van der Waals surface area contributed by atoms with E-state index in [-0.39, 0.29) is 97.8 Å². The van der Waals surface area contributed by atoms with Gasteiger partial charge in [0.15, 0.2) is 0 Å². The van der Waals surface area contributed by atoms with Crippen molar-refractivity contribution >= 4 is 64.5 Å². The van der Waals surface area contributed by atoms with Gasteiger partial charge in [-0.1, -0.05) is 15.9 Å². The summed E-state index contributed by atoms with van der Waals surface area (Å²) in [6.07, 6.45) is 1.19. The van der Waals surface area contributed by atoms with E-state index in [1.165, 1.54) is 6.08 Å². The van der Waals surface area contributed by atoms with Crippen molar-refractivity contribution in [1.29, 1.82) is 0 Å². The summed E-state index contributed by atoms with van der Waals surface area (Å²) in [5.74, 6) is -0.347. The number of allylic oxidation sites excluding steroid dienone is 2. The molecule has 1 N–H and O–H groups in total. The molecule has 0 aliphatic heterocycles. The molecule has 1 atom stereocenters. The Labute approximate surface area is 194 Å². The van der Waals surface area contributed by atoms with Crippen LogP contribution in [0.15, 0.2) is 19.5 Å². The van der Waals surface area contributed by atoms with Crippen LogP contribution in [-0.2, 0) is 44.5 Å². The summed E-state index contributed by atoms with van der Waals surface area (Å²) in [7, 11) is -2.61. The van der Waals surface area contributed by atoms with Gasteiger partial charge in [-0.2, -0.15) is 10.9 Å². The summed E-state index contributed by atoms with van der Waals surface area (Å²) >= 11 is 9.00. The molecule has 1 unspecified atom stereocenters. The van der Waals surface area contributed by atoms with E-state index in [0.717, 1.165) is 0 Å². The fourth-order valence-electron chi connectivity index (χ4n) is 0.999. The van der Waals surface area contributed by atoms with E-state index in [9.17, 15) is 18.3 Å². The normalized spacial score (nSPS) is 23.4. The molecule has 1 aliphatic carbocycles. The van der Waals surface area contributed by atoms with E-state index in [0.29, 0.717) is 0 Å². The van der Waals surface area contributed by atoms with Gasteiger partial charge in [-0.3, -0.25) is 4.79 Å². The molecule has 0 amide bonds. The third-order valence-electron chi connectivity index (χ3n) is 1.77. The Bertz CT molecular complexity index is 473. The van der Waals surface area contributed by atoms with Crippen molar-refractivity contribution in [3.05, 3.63) is 24.2 Å². The van der Waals surface area contributed by atoms with Crippen molar-refractivity contribution in [2.24, 2.45) is 0 Å². The predicted octanol–water partition coefficient (Wildman–Crippen LogP) is -0.820. The minimum atomic E-state index is -2.61.